The first-order valence-corrected chi connectivity index (χ1v) is 10.6. The van der Waals surface area contributed by atoms with E-state index in [1.807, 2.05) is 24.3 Å². The van der Waals surface area contributed by atoms with Crippen molar-refractivity contribution >= 4 is 29.0 Å². The van der Waals surface area contributed by atoms with Crippen LogP contribution in [0.15, 0.2) is 66.7 Å². The molecule has 0 spiro atoms. The fraction of sp³-hybridized carbons (Fsp3) is 0.160. The topological polar surface area (TPSA) is 117 Å². The van der Waals surface area contributed by atoms with Crippen LogP contribution in [-0.4, -0.2) is 46.2 Å². The van der Waals surface area contributed by atoms with Crippen LogP contribution in [0.1, 0.15) is 27.0 Å². The number of benzene rings is 3. The van der Waals surface area contributed by atoms with Gasteiger partial charge in [0.15, 0.2) is 5.72 Å². The minimum atomic E-state index is -1.71. The smallest absolute Gasteiger partial charge is 0.413 e. The lowest BCUT2D eigenvalue weighted by Gasteiger charge is -2.35. The maximum atomic E-state index is 13.4. The van der Waals surface area contributed by atoms with Crippen molar-refractivity contribution in [3.63, 3.8) is 0 Å². The molecule has 5 rings (SSSR count). The van der Waals surface area contributed by atoms with Crippen LogP contribution >= 0.6 is 0 Å². The molecule has 0 aliphatic carbocycles. The van der Waals surface area contributed by atoms with Gasteiger partial charge in [0.2, 0.25) is 5.95 Å². The van der Waals surface area contributed by atoms with Gasteiger partial charge in [0.05, 0.1) is 25.3 Å². The Morgan fingerprint density at radius 2 is 1.88 bits per heavy atom. The first-order chi connectivity index (χ1) is 16.4. The van der Waals surface area contributed by atoms with Gasteiger partial charge in [-0.1, -0.05) is 36.4 Å². The van der Waals surface area contributed by atoms with Crippen molar-refractivity contribution in [1.29, 1.82) is 0 Å². The number of anilines is 1. The molecule has 0 fully saturated rings. The quantitative estimate of drug-likeness (QED) is 0.421. The molecule has 4 aromatic rings. The number of methoxy groups -OCH3 is 2. The Hall–Kier alpha value is -4.37. The summed E-state index contributed by atoms with van der Waals surface area (Å²) in [6.45, 7) is 0.182. The van der Waals surface area contributed by atoms with Crippen LogP contribution in [-0.2, 0) is 17.0 Å². The number of carbonyl (C=O) groups excluding carboxylic acids is 2. The fourth-order valence-corrected chi connectivity index (χ4v) is 4.25. The van der Waals surface area contributed by atoms with Gasteiger partial charge in [-0.2, -0.15) is 0 Å². The number of H-pyrrole nitrogens is 1. The molecule has 1 atom stereocenters. The molecule has 0 saturated heterocycles. The van der Waals surface area contributed by atoms with Crippen LogP contribution in [0.4, 0.5) is 10.7 Å². The molecule has 0 bridgehead atoms. The van der Waals surface area contributed by atoms with Crippen LogP contribution < -0.4 is 10.1 Å². The normalized spacial score (nSPS) is 17.0. The molecule has 2 amide bonds. The highest BCUT2D eigenvalue weighted by Gasteiger charge is 2.49. The highest BCUT2D eigenvalue weighted by molar-refractivity contribution is 6.00. The maximum absolute atomic E-state index is 13.4. The van der Waals surface area contributed by atoms with E-state index in [0.29, 0.717) is 33.5 Å². The van der Waals surface area contributed by atoms with Crippen molar-refractivity contribution in [2.45, 2.75) is 12.3 Å². The molecule has 9 heteroatoms. The summed E-state index contributed by atoms with van der Waals surface area (Å²) in [5.74, 6) is 0.642. The summed E-state index contributed by atoms with van der Waals surface area (Å²) in [6, 6.07) is 19.5. The second-order valence-corrected chi connectivity index (χ2v) is 7.89. The molecule has 172 valence electrons. The Morgan fingerprint density at radius 3 is 2.62 bits per heavy atom. The molecule has 1 aromatic heterocycles. The summed E-state index contributed by atoms with van der Waals surface area (Å²) in [6.07, 6.45) is -0.654. The van der Waals surface area contributed by atoms with E-state index in [9.17, 15) is 14.7 Å². The number of nitrogens with one attached hydrogen (secondary N) is 2. The Bertz CT molecular complexity index is 1400. The van der Waals surface area contributed by atoms with Crippen LogP contribution in [0.25, 0.3) is 11.0 Å². The Kier molecular flexibility index (Phi) is 5.18. The van der Waals surface area contributed by atoms with Crippen LogP contribution in [0, 0.1) is 0 Å². The zero-order valence-electron chi connectivity index (χ0n) is 18.5. The molecule has 3 N–H and O–H groups in total. The van der Waals surface area contributed by atoms with E-state index in [-0.39, 0.29) is 18.4 Å². The first-order valence-electron chi connectivity index (χ1n) is 10.6. The molecule has 0 radical (unpaired) electrons. The molecule has 34 heavy (non-hydrogen) atoms. The Morgan fingerprint density at radius 1 is 1.12 bits per heavy atom. The van der Waals surface area contributed by atoms with Crippen LogP contribution in [0.2, 0.25) is 0 Å². The lowest BCUT2D eigenvalue weighted by molar-refractivity contribution is -0.0542. The average molecular weight is 458 g/mol. The van der Waals surface area contributed by atoms with E-state index in [2.05, 4.69) is 20.0 Å². The standard InChI is InChI=1S/C25H22N4O5/c1-33-17-10-7-15(8-11-17)14-29-22(30)18-5-3-4-6-19(18)25(29,32)16-9-12-20-21(13-16)27-23(26-20)28-24(31)34-2/h3-13,32H,14H2,1-2H3,(H2,26,27,28,31). The van der Waals surface area contributed by atoms with Gasteiger partial charge in [-0.25, -0.2) is 9.78 Å². The van der Waals surface area contributed by atoms with Gasteiger partial charge in [-0.3, -0.25) is 15.0 Å². The SMILES string of the molecule is COC(=O)Nc1nc2cc(C3(O)c4ccccc4C(=O)N3Cc3ccc(OC)cc3)ccc2[nH]1. The van der Waals surface area contributed by atoms with Gasteiger partial charge in [-0.05, 0) is 35.9 Å². The molecule has 1 unspecified atom stereocenters. The summed E-state index contributed by atoms with van der Waals surface area (Å²) in [4.78, 5) is 33.7. The molecular formula is C25H22N4O5. The van der Waals surface area contributed by atoms with Gasteiger partial charge in [-0.15, -0.1) is 0 Å². The van der Waals surface area contributed by atoms with Crippen molar-refractivity contribution in [2.75, 3.05) is 19.5 Å². The number of hydrogen-bond donors (Lipinski definition) is 3. The average Bonchev–Trinajstić information content (AvgIpc) is 3.36. The van der Waals surface area contributed by atoms with E-state index >= 15 is 0 Å². The summed E-state index contributed by atoms with van der Waals surface area (Å²) >= 11 is 0. The lowest BCUT2D eigenvalue weighted by atomic mass is 9.93. The van der Waals surface area contributed by atoms with Crippen molar-refractivity contribution in [3.8, 4) is 5.75 Å². The number of amides is 2. The maximum Gasteiger partial charge on any atom is 0.413 e. The second kappa shape index (κ2) is 8.20. The predicted molar refractivity (Wildman–Crippen MR) is 124 cm³/mol. The van der Waals surface area contributed by atoms with E-state index in [1.165, 1.54) is 12.0 Å². The number of aromatic nitrogens is 2. The third kappa shape index (κ3) is 3.43. The third-order valence-electron chi connectivity index (χ3n) is 5.96. The fourth-order valence-electron chi connectivity index (χ4n) is 4.25. The Balaban J connectivity index is 1.58. The number of ether oxygens (including phenoxy) is 2. The van der Waals surface area contributed by atoms with Crippen LogP contribution in [0.5, 0.6) is 5.75 Å². The highest BCUT2D eigenvalue weighted by atomic mass is 16.5. The van der Waals surface area contributed by atoms with E-state index in [1.54, 1.807) is 49.6 Å². The number of fused-ring (bicyclic) bond motifs is 2. The number of aromatic amines is 1. The Labute approximate surface area is 194 Å². The highest BCUT2D eigenvalue weighted by Crippen LogP contribution is 2.43. The summed E-state index contributed by atoms with van der Waals surface area (Å²) < 4.78 is 9.83. The van der Waals surface area contributed by atoms with Gasteiger partial charge in [0.1, 0.15) is 5.75 Å². The number of imidazole rings is 1. The van der Waals surface area contributed by atoms with Gasteiger partial charge < -0.3 is 19.6 Å². The van der Waals surface area contributed by atoms with Gasteiger partial charge >= 0.3 is 6.09 Å². The molecule has 1 aliphatic heterocycles. The molecule has 0 saturated carbocycles. The number of rotatable bonds is 5. The van der Waals surface area contributed by atoms with Gasteiger partial charge in [0, 0.05) is 23.2 Å². The van der Waals surface area contributed by atoms with E-state index in [4.69, 9.17) is 4.74 Å². The summed E-state index contributed by atoms with van der Waals surface area (Å²) in [5, 5.41) is 14.6. The molecule has 2 heterocycles. The van der Waals surface area contributed by atoms with Crippen LogP contribution in [0.3, 0.4) is 0 Å². The van der Waals surface area contributed by atoms with Gasteiger partial charge in [0.25, 0.3) is 5.91 Å². The number of nitrogens with zero attached hydrogens (tertiary/aromatic N) is 2. The summed E-state index contributed by atoms with van der Waals surface area (Å²) in [7, 11) is 2.85. The molecule has 9 nitrogen and oxygen atoms in total. The molecular weight excluding hydrogens is 436 g/mol. The van der Waals surface area contributed by atoms with E-state index < -0.39 is 11.8 Å². The van der Waals surface area contributed by atoms with Crippen molar-refractivity contribution < 1.29 is 24.2 Å². The van der Waals surface area contributed by atoms with Crippen molar-refractivity contribution in [1.82, 2.24) is 14.9 Å². The third-order valence-corrected chi connectivity index (χ3v) is 5.96. The predicted octanol–water partition coefficient (Wildman–Crippen LogP) is 3.60. The van der Waals surface area contributed by atoms with E-state index in [0.717, 1.165) is 5.56 Å². The minimum Gasteiger partial charge on any atom is -0.497 e. The lowest BCUT2D eigenvalue weighted by Crippen LogP contribution is -2.44. The monoisotopic (exact) mass is 458 g/mol. The number of hydrogen-bond acceptors (Lipinski definition) is 6. The number of carbonyl (C=O) groups is 2. The zero-order valence-corrected chi connectivity index (χ0v) is 18.5. The number of aliphatic hydroxyl groups is 1. The van der Waals surface area contributed by atoms with Crippen molar-refractivity contribution in [3.05, 3.63) is 89.0 Å². The zero-order chi connectivity index (χ0) is 23.9. The largest absolute Gasteiger partial charge is 0.497 e. The molecule has 1 aliphatic rings. The summed E-state index contributed by atoms with van der Waals surface area (Å²) in [5.41, 5.74) is 1.70. The molecule has 3 aromatic carbocycles. The second-order valence-electron chi connectivity index (χ2n) is 7.89. The minimum absolute atomic E-state index is 0.182. The van der Waals surface area contributed by atoms with Crippen molar-refractivity contribution in [2.24, 2.45) is 0 Å². The first kappa shape index (κ1) is 21.5.